The van der Waals surface area contributed by atoms with Crippen molar-refractivity contribution >= 4 is 16.0 Å². The number of carbonyl (C=O) groups is 1. The van der Waals surface area contributed by atoms with Gasteiger partial charge in [0.2, 0.25) is 10.0 Å². The minimum absolute atomic E-state index is 0.169. The van der Waals surface area contributed by atoms with Gasteiger partial charge in [0.15, 0.2) is 0 Å². The monoisotopic (exact) mass is 352 g/mol. The molecule has 0 spiro atoms. The molecule has 1 aromatic rings. The molecule has 6 nitrogen and oxygen atoms in total. The normalized spacial score (nSPS) is 17.0. The summed E-state index contributed by atoms with van der Waals surface area (Å²) in [5.74, 6) is -1.18. The van der Waals surface area contributed by atoms with Gasteiger partial charge >= 0.3 is 12.1 Å². The number of piperazine rings is 1. The van der Waals surface area contributed by atoms with Gasteiger partial charge < -0.3 is 10.1 Å². The topological polar surface area (TPSA) is 75.7 Å². The Bertz CT molecular complexity index is 698. The molecule has 0 bridgehead atoms. The number of halogens is 3. The van der Waals surface area contributed by atoms with Gasteiger partial charge in [-0.25, -0.2) is 13.2 Å². The first kappa shape index (κ1) is 17.7. The van der Waals surface area contributed by atoms with Crippen molar-refractivity contribution in [3.05, 3.63) is 29.3 Å². The highest BCUT2D eigenvalue weighted by Gasteiger charge is 2.37. The molecular weight excluding hydrogens is 337 g/mol. The molecule has 0 radical (unpaired) electrons. The van der Waals surface area contributed by atoms with Crippen LogP contribution in [0, 0.1) is 0 Å². The van der Waals surface area contributed by atoms with Crippen LogP contribution in [0.2, 0.25) is 0 Å². The van der Waals surface area contributed by atoms with Crippen molar-refractivity contribution in [2.24, 2.45) is 0 Å². The fourth-order valence-corrected chi connectivity index (χ4v) is 3.71. The molecule has 128 valence electrons. The van der Waals surface area contributed by atoms with Crippen LogP contribution in [0.5, 0.6) is 0 Å². The fourth-order valence-electron chi connectivity index (χ4n) is 2.24. The number of esters is 1. The van der Waals surface area contributed by atoms with E-state index < -0.39 is 38.2 Å². The molecular formula is C13H15F3N2O4S. The summed E-state index contributed by atoms with van der Waals surface area (Å²) in [6, 6.07) is 2.28. The summed E-state index contributed by atoms with van der Waals surface area (Å²) in [6.07, 6.45) is -4.88. The zero-order chi connectivity index (χ0) is 17.3. The largest absolute Gasteiger partial charge is 0.465 e. The lowest BCUT2D eigenvalue weighted by Crippen LogP contribution is -2.46. The molecule has 0 amide bonds. The minimum Gasteiger partial charge on any atom is -0.465 e. The molecule has 10 heteroatoms. The van der Waals surface area contributed by atoms with Crippen molar-refractivity contribution < 1.29 is 31.1 Å². The van der Waals surface area contributed by atoms with E-state index in [4.69, 9.17) is 0 Å². The van der Waals surface area contributed by atoms with Crippen molar-refractivity contribution in [1.29, 1.82) is 0 Å². The summed E-state index contributed by atoms with van der Waals surface area (Å²) in [6.45, 7) is 1.18. The standard InChI is InChI=1S/C13H15F3N2O4S/c1-22-12(19)10-3-2-9(8-11(10)13(14,15)16)23(20,21)18-6-4-17-5-7-18/h2-3,8,17H,4-7H2,1H3. The Hall–Kier alpha value is -1.65. The van der Waals surface area contributed by atoms with Crippen LogP contribution in [-0.2, 0) is 20.9 Å². The highest BCUT2D eigenvalue weighted by molar-refractivity contribution is 7.89. The summed E-state index contributed by atoms with van der Waals surface area (Å²) < 4.78 is 69.7. The Morgan fingerprint density at radius 2 is 1.87 bits per heavy atom. The molecule has 1 N–H and O–H groups in total. The predicted molar refractivity (Wildman–Crippen MR) is 74.4 cm³/mol. The number of rotatable bonds is 3. The molecule has 0 aliphatic carbocycles. The fraction of sp³-hybridized carbons (Fsp3) is 0.462. The van der Waals surface area contributed by atoms with E-state index in [0.717, 1.165) is 23.5 Å². The van der Waals surface area contributed by atoms with E-state index in [2.05, 4.69) is 10.1 Å². The number of nitrogens with zero attached hydrogens (tertiary/aromatic N) is 1. The van der Waals surface area contributed by atoms with Gasteiger partial charge in [-0.15, -0.1) is 0 Å². The lowest BCUT2D eigenvalue weighted by Gasteiger charge is -2.27. The highest BCUT2D eigenvalue weighted by Crippen LogP contribution is 2.34. The van der Waals surface area contributed by atoms with Crippen LogP contribution >= 0.6 is 0 Å². The Morgan fingerprint density at radius 3 is 2.39 bits per heavy atom. The number of hydrogen-bond donors (Lipinski definition) is 1. The van der Waals surface area contributed by atoms with Gasteiger partial charge in [0.1, 0.15) is 0 Å². The van der Waals surface area contributed by atoms with Gasteiger partial charge in [-0.05, 0) is 18.2 Å². The Morgan fingerprint density at radius 1 is 1.26 bits per heavy atom. The summed E-state index contributed by atoms with van der Waals surface area (Å²) in [5, 5.41) is 2.96. The van der Waals surface area contributed by atoms with Gasteiger partial charge in [-0.2, -0.15) is 17.5 Å². The van der Waals surface area contributed by atoms with E-state index in [9.17, 15) is 26.4 Å². The maximum Gasteiger partial charge on any atom is 0.417 e. The van der Waals surface area contributed by atoms with Crippen LogP contribution in [0.25, 0.3) is 0 Å². The van der Waals surface area contributed by atoms with Crippen molar-refractivity contribution in [1.82, 2.24) is 9.62 Å². The highest BCUT2D eigenvalue weighted by atomic mass is 32.2. The second-order valence-electron chi connectivity index (χ2n) is 4.85. The SMILES string of the molecule is COC(=O)c1ccc(S(=O)(=O)N2CCNCC2)cc1C(F)(F)F. The molecule has 1 aromatic carbocycles. The number of alkyl halides is 3. The Kier molecular flexibility index (Phi) is 4.97. The molecule has 1 saturated heterocycles. The second kappa shape index (κ2) is 6.46. The minimum atomic E-state index is -4.88. The maximum absolute atomic E-state index is 13.1. The number of hydrogen-bond acceptors (Lipinski definition) is 5. The van der Waals surface area contributed by atoms with Crippen molar-refractivity contribution in [2.45, 2.75) is 11.1 Å². The zero-order valence-electron chi connectivity index (χ0n) is 12.2. The summed E-state index contributed by atoms with van der Waals surface area (Å²) in [5.41, 5.74) is -2.06. The lowest BCUT2D eigenvalue weighted by atomic mass is 10.1. The molecule has 1 aliphatic heterocycles. The van der Waals surface area contributed by atoms with E-state index in [-0.39, 0.29) is 13.1 Å². The number of sulfonamides is 1. The zero-order valence-corrected chi connectivity index (χ0v) is 13.0. The van der Waals surface area contributed by atoms with Gasteiger partial charge in [0, 0.05) is 26.2 Å². The van der Waals surface area contributed by atoms with E-state index in [0.29, 0.717) is 19.2 Å². The summed E-state index contributed by atoms with van der Waals surface area (Å²) in [7, 11) is -3.10. The van der Waals surface area contributed by atoms with E-state index >= 15 is 0 Å². The molecule has 23 heavy (non-hydrogen) atoms. The number of ether oxygens (including phenoxy) is 1. The molecule has 2 rings (SSSR count). The van der Waals surface area contributed by atoms with Crippen molar-refractivity contribution in [3.63, 3.8) is 0 Å². The number of methoxy groups -OCH3 is 1. The second-order valence-corrected chi connectivity index (χ2v) is 6.79. The molecule has 0 aromatic heterocycles. The van der Waals surface area contributed by atoms with Gasteiger partial charge in [-0.1, -0.05) is 0 Å². The van der Waals surface area contributed by atoms with Crippen molar-refractivity contribution in [2.75, 3.05) is 33.3 Å². The van der Waals surface area contributed by atoms with Crippen LogP contribution in [0.1, 0.15) is 15.9 Å². The first-order valence-corrected chi connectivity index (χ1v) is 8.12. The van der Waals surface area contributed by atoms with Crippen LogP contribution in [0.15, 0.2) is 23.1 Å². The molecule has 0 unspecified atom stereocenters. The first-order valence-electron chi connectivity index (χ1n) is 6.68. The van der Waals surface area contributed by atoms with Crippen LogP contribution < -0.4 is 5.32 Å². The third-order valence-electron chi connectivity index (χ3n) is 3.42. The molecule has 0 saturated carbocycles. The number of benzene rings is 1. The Labute approximate surface area is 131 Å². The van der Waals surface area contributed by atoms with Crippen LogP contribution in [-0.4, -0.2) is 52.0 Å². The number of nitrogens with one attached hydrogen (secondary N) is 1. The third-order valence-corrected chi connectivity index (χ3v) is 5.31. The molecule has 1 aliphatic rings. The Balaban J connectivity index is 2.50. The van der Waals surface area contributed by atoms with Crippen LogP contribution in [0.3, 0.4) is 0 Å². The summed E-state index contributed by atoms with van der Waals surface area (Å²) >= 11 is 0. The van der Waals surface area contributed by atoms with Crippen LogP contribution in [0.4, 0.5) is 13.2 Å². The summed E-state index contributed by atoms with van der Waals surface area (Å²) in [4.78, 5) is 11.0. The smallest absolute Gasteiger partial charge is 0.417 e. The van der Waals surface area contributed by atoms with Gasteiger partial charge in [0.05, 0.1) is 23.1 Å². The first-order chi connectivity index (χ1) is 10.7. The molecule has 0 atom stereocenters. The molecule has 1 heterocycles. The van der Waals surface area contributed by atoms with E-state index in [1.54, 1.807) is 0 Å². The molecule has 1 fully saturated rings. The van der Waals surface area contributed by atoms with Gasteiger partial charge in [0.25, 0.3) is 0 Å². The third kappa shape index (κ3) is 3.65. The average Bonchev–Trinajstić information content (AvgIpc) is 2.53. The number of carbonyl (C=O) groups excluding carboxylic acids is 1. The quantitative estimate of drug-likeness (QED) is 0.824. The van der Waals surface area contributed by atoms with E-state index in [1.165, 1.54) is 0 Å². The maximum atomic E-state index is 13.1. The predicted octanol–water partition coefficient (Wildman–Crippen LogP) is 1.09. The van der Waals surface area contributed by atoms with E-state index in [1.807, 2.05) is 0 Å². The van der Waals surface area contributed by atoms with Gasteiger partial charge in [-0.3, -0.25) is 0 Å². The lowest BCUT2D eigenvalue weighted by molar-refractivity contribution is -0.138. The van der Waals surface area contributed by atoms with Crippen molar-refractivity contribution in [3.8, 4) is 0 Å². The average molecular weight is 352 g/mol.